The van der Waals surface area contributed by atoms with Gasteiger partial charge in [-0.3, -0.25) is 10.1 Å². The van der Waals surface area contributed by atoms with Gasteiger partial charge in [0, 0.05) is 18.0 Å². The van der Waals surface area contributed by atoms with Gasteiger partial charge in [-0.25, -0.2) is 4.98 Å². The maximum absolute atomic E-state index is 11.8. The number of aromatic amines is 1. The Bertz CT molecular complexity index is 522. The quantitative estimate of drug-likeness (QED) is 0.694. The van der Waals surface area contributed by atoms with E-state index in [-0.39, 0.29) is 5.91 Å². The minimum absolute atomic E-state index is 0.283. The Balaban J connectivity index is 2.17. The minimum atomic E-state index is -0.283. The number of imidazole rings is 1. The SMILES string of the molecule is COc1ccc(C(=O)Nc2ncc[nH]2)cc1N. The molecule has 1 aromatic heterocycles. The number of benzene rings is 1. The molecule has 0 saturated heterocycles. The molecular weight excluding hydrogens is 220 g/mol. The highest BCUT2D eigenvalue weighted by Crippen LogP contribution is 2.22. The van der Waals surface area contributed by atoms with Gasteiger partial charge in [0.15, 0.2) is 0 Å². The van der Waals surface area contributed by atoms with E-state index >= 15 is 0 Å². The first-order valence-electron chi connectivity index (χ1n) is 4.95. The van der Waals surface area contributed by atoms with Crippen molar-refractivity contribution in [1.82, 2.24) is 9.97 Å². The molecule has 4 N–H and O–H groups in total. The van der Waals surface area contributed by atoms with Gasteiger partial charge in [0.2, 0.25) is 5.95 Å². The maximum Gasteiger partial charge on any atom is 0.258 e. The summed E-state index contributed by atoms with van der Waals surface area (Å²) in [6, 6.07) is 4.83. The van der Waals surface area contributed by atoms with Gasteiger partial charge in [-0.1, -0.05) is 0 Å². The summed E-state index contributed by atoms with van der Waals surface area (Å²) in [5.41, 5.74) is 6.58. The summed E-state index contributed by atoms with van der Waals surface area (Å²) in [4.78, 5) is 18.5. The molecule has 2 aromatic rings. The Hall–Kier alpha value is -2.50. The zero-order valence-electron chi connectivity index (χ0n) is 9.23. The lowest BCUT2D eigenvalue weighted by molar-refractivity contribution is 0.102. The van der Waals surface area contributed by atoms with Gasteiger partial charge in [0.1, 0.15) is 5.75 Å². The van der Waals surface area contributed by atoms with E-state index in [0.29, 0.717) is 22.9 Å². The first-order valence-corrected chi connectivity index (χ1v) is 4.95. The van der Waals surface area contributed by atoms with Crippen molar-refractivity contribution in [3.8, 4) is 5.75 Å². The molecule has 0 bridgehead atoms. The molecule has 0 atom stereocenters. The molecule has 0 saturated carbocycles. The second kappa shape index (κ2) is 4.56. The van der Waals surface area contributed by atoms with Crippen LogP contribution in [0.3, 0.4) is 0 Å². The lowest BCUT2D eigenvalue weighted by Gasteiger charge is -2.06. The van der Waals surface area contributed by atoms with Crippen molar-refractivity contribution >= 4 is 17.5 Å². The number of hydrogen-bond donors (Lipinski definition) is 3. The summed E-state index contributed by atoms with van der Waals surface area (Å²) < 4.78 is 5.01. The smallest absolute Gasteiger partial charge is 0.258 e. The van der Waals surface area contributed by atoms with E-state index in [0.717, 1.165) is 0 Å². The van der Waals surface area contributed by atoms with Crippen molar-refractivity contribution in [2.24, 2.45) is 0 Å². The van der Waals surface area contributed by atoms with Crippen molar-refractivity contribution in [1.29, 1.82) is 0 Å². The van der Waals surface area contributed by atoms with Crippen molar-refractivity contribution in [2.75, 3.05) is 18.2 Å². The molecule has 0 aliphatic heterocycles. The number of nitrogen functional groups attached to an aromatic ring is 1. The van der Waals surface area contributed by atoms with Gasteiger partial charge < -0.3 is 15.5 Å². The number of H-pyrrole nitrogens is 1. The molecule has 0 aliphatic rings. The number of carbonyl (C=O) groups is 1. The van der Waals surface area contributed by atoms with Gasteiger partial charge in [-0.15, -0.1) is 0 Å². The third-order valence-corrected chi connectivity index (χ3v) is 2.22. The van der Waals surface area contributed by atoms with Gasteiger partial charge in [0.25, 0.3) is 5.91 Å². The summed E-state index contributed by atoms with van der Waals surface area (Å²) in [7, 11) is 1.52. The number of rotatable bonds is 3. The molecule has 88 valence electrons. The number of hydrogen-bond acceptors (Lipinski definition) is 4. The molecule has 1 amide bonds. The average molecular weight is 232 g/mol. The number of nitrogens with one attached hydrogen (secondary N) is 2. The number of ether oxygens (including phenoxy) is 1. The molecule has 17 heavy (non-hydrogen) atoms. The Morgan fingerprint density at radius 1 is 1.53 bits per heavy atom. The van der Waals surface area contributed by atoms with Crippen LogP contribution in [0, 0.1) is 0 Å². The number of carbonyl (C=O) groups excluding carboxylic acids is 1. The fourth-order valence-corrected chi connectivity index (χ4v) is 1.39. The maximum atomic E-state index is 11.8. The predicted molar refractivity (Wildman–Crippen MR) is 63.9 cm³/mol. The Morgan fingerprint density at radius 3 is 2.94 bits per heavy atom. The Kier molecular flexibility index (Phi) is 2.95. The molecule has 1 heterocycles. The van der Waals surface area contributed by atoms with E-state index in [2.05, 4.69) is 15.3 Å². The lowest BCUT2D eigenvalue weighted by Crippen LogP contribution is -2.13. The van der Waals surface area contributed by atoms with Gasteiger partial charge in [-0.05, 0) is 18.2 Å². The van der Waals surface area contributed by atoms with Crippen LogP contribution in [0.25, 0.3) is 0 Å². The molecule has 6 heteroatoms. The van der Waals surface area contributed by atoms with Crippen LogP contribution < -0.4 is 15.8 Å². The lowest BCUT2D eigenvalue weighted by atomic mass is 10.2. The highest BCUT2D eigenvalue weighted by atomic mass is 16.5. The summed E-state index contributed by atoms with van der Waals surface area (Å²) in [6.07, 6.45) is 3.18. The van der Waals surface area contributed by atoms with Crippen LogP contribution in [0.15, 0.2) is 30.6 Å². The number of anilines is 2. The van der Waals surface area contributed by atoms with Crippen molar-refractivity contribution in [3.63, 3.8) is 0 Å². The van der Waals surface area contributed by atoms with E-state index in [1.54, 1.807) is 30.6 Å². The molecule has 1 aromatic carbocycles. The highest BCUT2D eigenvalue weighted by molar-refractivity contribution is 6.04. The number of nitrogens with zero attached hydrogens (tertiary/aromatic N) is 1. The Morgan fingerprint density at radius 2 is 2.35 bits per heavy atom. The molecule has 0 aliphatic carbocycles. The fourth-order valence-electron chi connectivity index (χ4n) is 1.39. The molecule has 0 spiro atoms. The highest BCUT2D eigenvalue weighted by Gasteiger charge is 2.09. The minimum Gasteiger partial charge on any atom is -0.495 e. The molecule has 0 unspecified atom stereocenters. The number of nitrogens with two attached hydrogens (primary N) is 1. The van der Waals surface area contributed by atoms with Crippen molar-refractivity contribution in [2.45, 2.75) is 0 Å². The first kappa shape index (κ1) is 11.0. The second-order valence-electron chi connectivity index (χ2n) is 3.35. The van der Waals surface area contributed by atoms with E-state index in [4.69, 9.17) is 10.5 Å². The summed E-state index contributed by atoms with van der Waals surface area (Å²) in [5, 5.41) is 2.60. The monoisotopic (exact) mass is 232 g/mol. The predicted octanol–water partition coefficient (Wildman–Crippen LogP) is 1.25. The van der Waals surface area contributed by atoms with Crippen LogP contribution in [-0.4, -0.2) is 23.0 Å². The van der Waals surface area contributed by atoms with Crippen LogP contribution in [0.4, 0.5) is 11.6 Å². The zero-order valence-corrected chi connectivity index (χ0v) is 9.23. The number of amides is 1. The number of methoxy groups -OCH3 is 1. The van der Waals surface area contributed by atoms with Gasteiger partial charge in [0.05, 0.1) is 12.8 Å². The summed E-state index contributed by atoms with van der Waals surface area (Å²) in [5.74, 6) is 0.651. The second-order valence-corrected chi connectivity index (χ2v) is 3.35. The van der Waals surface area contributed by atoms with Crippen molar-refractivity contribution in [3.05, 3.63) is 36.2 Å². The van der Waals surface area contributed by atoms with Gasteiger partial charge in [-0.2, -0.15) is 0 Å². The molecule has 0 radical (unpaired) electrons. The first-order chi connectivity index (χ1) is 8.20. The topological polar surface area (TPSA) is 93.0 Å². The van der Waals surface area contributed by atoms with E-state index < -0.39 is 0 Å². The fraction of sp³-hybridized carbons (Fsp3) is 0.0909. The summed E-state index contributed by atoms with van der Waals surface area (Å²) >= 11 is 0. The largest absolute Gasteiger partial charge is 0.495 e. The molecule has 6 nitrogen and oxygen atoms in total. The molecular formula is C11H12N4O2. The van der Waals surface area contributed by atoms with E-state index in [1.165, 1.54) is 7.11 Å². The van der Waals surface area contributed by atoms with Gasteiger partial charge >= 0.3 is 0 Å². The van der Waals surface area contributed by atoms with E-state index in [1.807, 2.05) is 0 Å². The number of aromatic nitrogens is 2. The third-order valence-electron chi connectivity index (χ3n) is 2.22. The average Bonchev–Trinajstić information content (AvgIpc) is 2.81. The van der Waals surface area contributed by atoms with E-state index in [9.17, 15) is 4.79 Å². The molecule has 2 rings (SSSR count). The molecule has 0 fully saturated rings. The third kappa shape index (κ3) is 2.36. The normalized spacial score (nSPS) is 9.94. The van der Waals surface area contributed by atoms with Crippen molar-refractivity contribution < 1.29 is 9.53 Å². The van der Waals surface area contributed by atoms with Crippen LogP contribution >= 0.6 is 0 Å². The van der Waals surface area contributed by atoms with Crippen LogP contribution in [-0.2, 0) is 0 Å². The van der Waals surface area contributed by atoms with Crippen LogP contribution in [0.5, 0.6) is 5.75 Å². The standard InChI is InChI=1S/C11H12N4O2/c1-17-9-3-2-7(6-8(9)12)10(16)15-11-13-4-5-14-11/h2-6H,12H2,1H3,(H2,13,14,15,16). The van der Waals surface area contributed by atoms with Crippen LogP contribution in [0.1, 0.15) is 10.4 Å². The van der Waals surface area contributed by atoms with Crippen LogP contribution in [0.2, 0.25) is 0 Å². The zero-order chi connectivity index (χ0) is 12.3. The Labute approximate surface area is 97.8 Å². The summed E-state index contributed by atoms with van der Waals surface area (Å²) in [6.45, 7) is 0.